The first-order valence-electron chi connectivity index (χ1n) is 9.27. The Labute approximate surface area is 162 Å². The zero-order valence-electron chi connectivity index (χ0n) is 16.4. The highest BCUT2D eigenvalue weighted by Gasteiger charge is 2.35. The monoisotopic (exact) mass is 391 g/mol. The molecule has 0 spiro atoms. The molecule has 4 nitrogen and oxygen atoms in total. The van der Waals surface area contributed by atoms with E-state index in [1.807, 2.05) is 14.0 Å². The minimum absolute atomic E-state index is 0.148. The molecule has 150 valence electrons. The van der Waals surface area contributed by atoms with Crippen LogP contribution in [0.2, 0.25) is 0 Å². The molecule has 0 saturated carbocycles. The summed E-state index contributed by atoms with van der Waals surface area (Å²) >= 11 is 0. The molecular weight excluding hydrogens is 367 g/mol. The van der Waals surface area contributed by atoms with E-state index in [0.29, 0.717) is 28.2 Å². The zero-order chi connectivity index (χ0) is 20.5. The van der Waals surface area contributed by atoms with E-state index in [0.717, 1.165) is 12.5 Å². The van der Waals surface area contributed by atoms with Gasteiger partial charge in [-0.1, -0.05) is 20.8 Å². The van der Waals surface area contributed by atoms with Crippen LogP contribution in [0.25, 0.3) is 22.3 Å². The van der Waals surface area contributed by atoms with E-state index in [-0.39, 0.29) is 18.3 Å². The first-order chi connectivity index (χ1) is 13.2. The van der Waals surface area contributed by atoms with Crippen LogP contribution in [0.1, 0.15) is 32.8 Å². The molecule has 3 aromatic rings. The summed E-state index contributed by atoms with van der Waals surface area (Å²) in [4.78, 5) is 8.41. The van der Waals surface area contributed by atoms with Gasteiger partial charge in [0.2, 0.25) is 0 Å². The molecule has 0 radical (unpaired) electrons. The second-order valence-corrected chi connectivity index (χ2v) is 7.64. The van der Waals surface area contributed by atoms with E-state index in [9.17, 15) is 13.2 Å². The van der Waals surface area contributed by atoms with Gasteiger partial charge in [0.15, 0.2) is 0 Å². The second kappa shape index (κ2) is 7.81. The summed E-state index contributed by atoms with van der Waals surface area (Å²) in [5, 5.41) is 0.706. The molecule has 2 aromatic heterocycles. The molecule has 1 unspecified atom stereocenters. The Morgan fingerprint density at radius 1 is 1.11 bits per heavy atom. The van der Waals surface area contributed by atoms with Gasteiger partial charge in [0.05, 0.1) is 17.9 Å². The van der Waals surface area contributed by atoms with E-state index in [1.165, 1.54) is 12.4 Å². The Hall–Kier alpha value is -2.57. The van der Waals surface area contributed by atoms with Gasteiger partial charge >= 0.3 is 6.18 Å². The fraction of sp³-hybridized carbons (Fsp3) is 0.429. The molecule has 1 aromatic carbocycles. The summed E-state index contributed by atoms with van der Waals surface area (Å²) in [5.74, 6) is 0.492. The largest absolute Gasteiger partial charge is 0.493 e. The van der Waals surface area contributed by atoms with Gasteiger partial charge in [0.1, 0.15) is 17.7 Å². The SMILES string of the molecule is CC(C)CC(C)COc1ccc(-c2ncnc3c2ccn3C)cc1C(F)(F)F. The topological polar surface area (TPSA) is 39.9 Å². The summed E-state index contributed by atoms with van der Waals surface area (Å²) in [7, 11) is 1.83. The van der Waals surface area contributed by atoms with Crippen LogP contribution in [-0.2, 0) is 13.2 Å². The Kier molecular flexibility index (Phi) is 5.63. The highest BCUT2D eigenvalue weighted by Crippen LogP contribution is 2.39. The minimum Gasteiger partial charge on any atom is -0.493 e. The number of fused-ring (bicyclic) bond motifs is 1. The Morgan fingerprint density at radius 2 is 1.86 bits per heavy atom. The number of benzene rings is 1. The number of nitrogens with zero attached hydrogens (tertiary/aromatic N) is 3. The predicted octanol–water partition coefficient (Wildman–Crippen LogP) is 5.72. The molecule has 0 bridgehead atoms. The first kappa shape index (κ1) is 20.2. The molecule has 1 atom stereocenters. The molecule has 0 aliphatic rings. The van der Waals surface area contributed by atoms with Crippen molar-refractivity contribution in [2.45, 2.75) is 33.4 Å². The number of aryl methyl sites for hydroxylation is 1. The Balaban J connectivity index is 1.97. The van der Waals surface area contributed by atoms with Gasteiger partial charge in [-0.25, -0.2) is 9.97 Å². The van der Waals surface area contributed by atoms with Crippen molar-refractivity contribution in [2.24, 2.45) is 18.9 Å². The molecule has 7 heteroatoms. The third-order valence-corrected chi connectivity index (χ3v) is 4.62. The van der Waals surface area contributed by atoms with Crippen molar-refractivity contribution < 1.29 is 17.9 Å². The molecule has 0 fully saturated rings. The fourth-order valence-corrected chi connectivity index (χ4v) is 3.44. The van der Waals surface area contributed by atoms with Gasteiger partial charge in [0.25, 0.3) is 0 Å². The minimum atomic E-state index is -4.52. The molecule has 0 N–H and O–H groups in total. The molecular formula is C21H24F3N3O. The van der Waals surface area contributed by atoms with Crippen LogP contribution >= 0.6 is 0 Å². The van der Waals surface area contributed by atoms with Gasteiger partial charge in [-0.05, 0) is 42.5 Å². The average molecular weight is 391 g/mol. The number of halogens is 3. The number of aromatic nitrogens is 3. The van der Waals surface area contributed by atoms with Crippen LogP contribution in [0.3, 0.4) is 0 Å². The zero-order valence-corrected chi connectivity index (χ0v) is 16.4. The second-order valence-electron chi connectivity index (χ2n) is 7.64. The summed E-state index contributed by atoms with van der Waals surface area (Å²) in [6, 6.07) is 5.91. The van der Waals surface area contributed by atoms with E-state index in [4.69, 9.17) is 4.74 Å². The third kappa shape index (κ3) is 4.29. The standard InChI is InChI=1S/C21H24F3N3O/c1-13(2)9-14(3)11-28-18-6-5-15(10-17(18)21(22,23)24)19-16-7-8-27(4)20(16)26-12-25-19/h5-8,10,12-14H,9,11H2,1-4H3. The van der Waals surface area contributed by atoms with E-state index in [1.54, 1.807) is 22.9 Å². The molecule has 0 aliphatic carbocycles. The maximum atomic E-state index is 13.7. The van der Waals surface area contributed by atoms with Gasteiger partial charge < -0.3 is 9.30 Å². The molecule has 0 saturated heterocycles. The Bertz CT molecular complexity index is 963. The first-order valence-corrected chi connectivity index (χ1v) is 9.27. The van der Waals surface area contributed by atoms with Crippen LogP contribution in [-0.4, -0.2) is 21.1 Å². The summed E-state index contributed by atoms with van der Waals surface area (Å²) in [6.45, 7) is 6.39. The third-order valence-electron chi connectivity index (χ3n) is 4.62. The lowest BCUT2D eigenvalue weighted by Crippen LogP contribution is -2.14. The van der Waals surface area contributed by atoms with Gasteiger partial charge in [-0.3, -0.25) is 0 Å². The highest BCUT2D eigenvalue weighted by molar-refractivity contribution is 5.91. The van der Waals surface area contributed by atoms with Crippen LogP contribution in [0.5, 0.6) is 5.75 Å². The van der Waals surface area contributed by atoms with Crippen molar-refractivity contribution in [3.63, 3.8) is 0 Å². The maximum Gasteiger partial charge on any atom is 0.419 e. The van der Waals surface area contributed by atoms with Crippen LogP contribution in [0.4, 0.5) is 13.2 Å². The normalized spacial score (nSPS) is 13.3. The van der Waals surface area contributed by atoms with Crippen molar-refractivity contribution in [1.29, 1.82) is 0 Å². The van der Waals surface area contributed by atoms with Crippen molar-refractivity contribution >= 4 is 11.0 Å². The fourth-order valence-electron chi connectivity index (χ4n) is 3.44. The lowest BCUT2D eigenvalue weighted by Gasteiger charge is -2.19. The quantitative estimate of drug-likeness (QED) is 0.540. The van der Waals surface area contributed by atoms with Gasteiger partial charge in [0, 0.05) is 24.2 Å². The smallest absolute Gasteiger partial charge is 0.419 e. The van der Waals surface area contributed by atoms with Crippen molar-refractivity contribution in [1.82, 2.24) is 14.5 Å². The van der Waals surface area contributed by atoms with Crippen LogP contribution in [0.15, 0.2) is 36.8 Å². The van der Waals surface area contributed by atoms with Crippen LogP contribution in [0, 0.1) is 11.8 Å². The molecule has 28 heavy (non-hydrogen) atoms. The van der Waals surface area contributed by atoms with Crippen molar-refractivity contribution in [2.75, 3.05) is 6.61 Å². The number of ether oxygens (including phenoxy) is 1. The summed E-state index contributed by atoms with van der Waals surface area (Å²) in [5.41, 5.74) is 0.732. The number of hydrogen-bond donors (Lipinski definition) is 0. The lowest BCUT2D eigenvalue weighted by molar-refractivity contribution is -0.139. The van der Waals surface area contributed by atoms with Gasteiger partial charge in [-0.2, -0.15) is 13.2 Å². The van der Waals surface area contributed by atoms with E-state index >= 15 is 0 Å². The van der Waals surface area contributed by atoms with E-state index < -0.39 is 11.7 Å². The summed E-state index contributed by atoms with van der Waals surface area (Å²) in [6.07, 6.45) is -0.453. The molecule has 2 heterocycles. The van der Waals surface area contributed by atoms with Crippen LogP contribution < -0.4 is 4.74 Å². The number of rotatable bonds is 6. The highest BCUT2D eigenvalue weighted by atomic mass is 19.4. The van der Waals surface area contributed by atoms with Crippen molar-refractivity contribution in [3.05, 3.63) is 42.4 Å². The van der Waals surface area contributed by atoms with Gasteiger partial charge in [-0.15, -0.1) is 0 Å². The maximum absolute atomic E-state index is 13.7. The average Bonchev–Trinajstić information content (AvgIpc) is 3.00. The van der Waals surface area contributed by atoms with Crippen molar-refractivity contribution in [3.8, 4) is 17.0 Å². The Morgan fingerprint density at radius 3 is 2.54 bits per heavy atom. The predicted molar refractivity (Wildman–Crippen MR) is 103 cm³/mol. The lowest BCUT2D eigenvalue weighted by atomic mass is 10.00. The number of hydrogen-bond acceptors (Lipinski definition) is 3. The molecule has 0 aliphatic heterocycles. The van der Waals surface area contributed by atoms with E-state index in [2.05, 4.69) is 23.8 Å². The summed E-state index contributed by atoms with van der Waals surface area (Å²) < 4.78 is 48.4. The molecule has 3 rings (SSSR count). The molecule has 0 amide bonds. The number of alkyl halides is 3.